The van der Waals surface area contributed by atoms with Crippen LogP contribution in [0.2, 0.25) is 0 Å². The number of β-amino-alcohol motifs (C(OH)–C–C–N with tert-alkyl or cyclic N) is 1. The van der Waals surface area contributed by atoms with E-state index in [-0.39, 0.29) is 0 Å². The molecule has 2 nitrogen and oxygen atoms in total. The molecule has 1 aliphatic heterocycles. The molecule has 0 aromatic carbocycles. The molecule has 13 heavy (non-hydrogen) atoms. The summed E-state index contributed by atoms with van der Waals surface area (Å²) in [7, 11) is 0. The Balaban J connectivity index is 2.22. The zero-order chi connectivity index (χ0) is 9.31. The number of piperidine rings is 1. The summed E-state index contributed by atoms with van der Waals surface area (Å²) in [5.41, 5.74) is 0.477. The predicted molar refractivity (Wildman–Crippen MR) is 55.1 cm³/mol. The molecule has 0 aliphatic carbocycles. The highest BCUT2D eigenvalue weighted by molar-refractivity contribution is 7.10. The maximum atomic E-state index is 10.3. The SMILES string of the molecule is Cc1cc(C2(O)CCCNC2)cs1. The van der Waals surface area contributed by atoms with Gasteiger partial charge in [0.25, 0.3) is 0 Å². The smallest absolute Gasteiger partial charge is 0.103 e. The molecule has 72 valence electrons. The van der Waals surface area contributed by atoms with Crippen molar-refractivity contribution in [2.45, 2.75) is 25.4 Å². The Morgan fingerprint density at radius 2 is 2.46 bits per heavy atom. The van der Waals surface area contributed by atoms with E-state index in [9.17, 15) is 5.11 Å². The lowest BCUT2D eigenvalue weighted by Crippen LogP contribution is -2.42. The lowest BCUT2D eigenvalue weighted by Gasteiger charge is -2.32. The first-order valence-corrected chi connectivity index (χ1v) is 5.57. The fourth-order valence-corrected chi connectivity index (χ4v) is 2.62. The Bertz CT molecular complexity index is 289. The number of nitrogens with one attached hydrogen (secondary N) is 1. The second kappa shape index (κ2) is 3.40. The molecular weight excluding hydrogens is 182 g/mol. The van der Waals surface area contributed by atoms with Gasteiger partial charge in [0.2, 0.25) is 0 Å². The Labute approximate surface area is 82.6 Å². The van der Waals surface area contributed by atoms with Crippen molar-refractivity contribution in [2.24, 2.45) is 0 Å². The van der Waals surface area contributed by atoms with Gasteiger partial charge in [0.15, 0.2) is 0 Å². The molecule has 1 fully saturated rings. The summed E-state index contributed by atoms with van der Waals surface area (Å²) in [5.74, 6) is 0. The van der Waals surface area contributed by atoms with E-state index in [1.165, 1.54) is 4.88 Å². The van der Waals surface area contributed by atoms with Crippen molar-refractivity contribution < 1.29 is 5.11 Å². The minimum Gasteiger partial charge on any atom is -0.384 e. The van der Waals surface area contributed by atoms with E-state index >= 15 is 0 Å². The summed E-state index contributed by atoms with van der Waals surface area (Å²) in [5, 5.41) is 15.6. The van der Waals surface area contributed by atoms with Crippen LogP contribution in [0.15, 0.2) is 11.4 Å². The van der Waals surface area contributed by atoms with Crippen LogP contribution in [-0.4, -0.2) is 18.2 Å². The van der Waals surface area contributed by atoms with Gasteiger partial charge in [-0.1, -0.05) is 0 Å². The van der Waals surface area contributed by atoms with Crippen molar-refractivity contribution >= 4 is 11.3 Å². The Morgan fingerprint density at radius 1 is 1.62 bits per heavy atom. The number of thiophene rings is 1. The van der Waals surface area contributed by atoms with Crippen molar-refractivity contribution in [3.8, 4) is 0 Å². The molecule has 3 heteroatoms. The van der Waals surface area contributed by atoms with E-state index in [0.717, 1.165) is 24.9 Å². The van der Waals surface area contributed by atoms with Gasteiger partial charge in [0.05, 0.1) is 0 Å². The van der Waals surface area contributed by atoms with Gasteiger partial charge in [-0.15, -0.1) is 11.3 Å². The maximum absolute atomic E-state index is 10.3. The molecular formula is C10H15NOS. The van der Waals surface area contributed by atoms with E-state index < -0.39 is 5.60 Å². The molecule has 0 bridgehead atoms. The molecule has 1 aromatic rings. The van der Waals surface area contributed by atoms with Gasteiger partial charge >= 0.3 is 0 Å². The first-order valence-electron chi connectivity index (χ1n) is 4.69. The van der Waals surface area contributed by atoms with Crippen LogP contribution in [0.25, 0.3) is 0 Å². The average molecular weight is 197 g/mol. The quantitative estimate of drug-likeness (QED) is 0.717. The number of rotatable bonds is 1. The summed E-state index contributed by atoms with van der Waals surface area (Å²) >= 11 is 1.71. The highest BCUT2D eigenvalue weighted by Crippen LogP contribution is 2.31. The maximum Gasteiger partial charge on any atom is 0.103 e. The molecule has 0 amide bonds. The summed E-state index contributed by atoms with van der Waals surface area (Å²) in [6, 6.07) is 2.09. The van der Waals surface area contributed by atoms with Crippen LogP contribution in [-0.2, 0) is 5.60 Å². The van der Waals surface area contributed by atoms with E-state index in [1.807, 2.05) is 0 Å². The van der Waals surface area contributed by atoms with Crippen LogP contribution in [0.4, 0.5) is 0 Å². The summed E-state index contributed by atoms with van der Waals surface area (Å²) < 4.78 is 0. The number of hydrogen-bond acceptors (Lipinski definition) is 3. The molecule has 0 saturated carbocycles. The van der Waals surface area contributed by atoms with Crippen molar-refractivity contribution in [1.82, 2.24) is 5.32 Å². The number of aryl methyl sites for hydroxylation is 1. The number of aliphatic hydroxyl groups is 1. The molecule has 2 N–H and O–H groups in total. The van der Waals surface area contributed by atoms with Crippen LogP contribution in [0.3, 0.4) is 0 Å². The lowest BCUT2D eigenvalue weighted by atomic mass is 9.88. The fourth-order valence-electron chi connectivity index (χ4n) is 1.82. The molecule has 1 aliphatic rings. The second-order valence-electron chi connectivity index (χ2n) is 3.76. The van der Waals surface area contributed by atoms with Crippen molar-refractivity contribution in [1.29, 1.82) is 0 Å². The van der Waals surface area contributed by atoms with Gasteiger partial charge in [-0.05, 0) is 43.3 Å². The minimum atomic E-state index is -0.608. The predicted octanol–water partition coefficient (Wildman–Crippen LogP) is 1.63. The van der Waals surface area contributed by atoms with Gasteiger partial charge in [-0.3, -0.25) is 0 Å². The molecule has 1 atom stereocenters. The monoisotopic (exact) mass is 197 g/mol. The van der Waals surface area contributed by atoms with Crippen molar-refractivity contribution in [3.05, 3.63) is 21.9 Å². The standard InChI is InChI=1S/C10H15NOS/c1-8-5-9(6-13-8)10(12)3-2-4-11-7-10/h5-6,11-12H,2-4,7H2,1H3. The summed E-state index contributed by atoms with van der Waals surface area (Å²) in [4.78, 5) is 1.27. The summed E-state index contributed by atoms with van der Waals surface area (Å²) in [6.07, 6.45) is 1.95. The van der Waals surface area contributed by atoms with Gasteiger partial charge < -0.3 is 10.4 Å². The molecule has 1 saturated heterocycles. The van der Waals surface area contributed by atoms with E-state index in [0.29, 0.717) is 6.54 Å². The normalized spacial score (nSPS) is 29.1. The van der Waals surface area contributed by atoms with Gasteiger partial charge in [-0.2, -0.15) is 0 Å². The second-order valence-corrected chi connectivity index (χ2v) is 4.87. The molecule has 0 spiro atoms. The Kier molecular flexibility index (Phi) is 2.41. The van der Waals surface area contributed by atoms with Gasteiger partial charge in [0, 0.05) is 11.4 Å². The number of hydrogen-bond donors (Lipinski definition) is 2. The third kappa shape index (κ3) is 1.77. The molecule has 1 unspecified atom stereocenters. The highest BCUT2D eigenvalue weighted by atomic mass is 32.1. The lowest BCUT2D eigenvalue weighted by molar-refractivity contribution is 0.0127. The molecule has 1 aromatic heterocycles. The van der Waals surface area contributed by atoms with E-state index in [4.69, 9.17) is 0 Å². The zero-order valence-corrected chi connectivity index (χ0v) is 8.66. The van der Waals surface area contributed by atoms with Crippen LogP contribution in [0.5, 0.6) is 0 Å². The van der Waals surface area contributed by atoms with Crippen LogP contribution in [0, 0.1) is 6.92 Å². The Morgan fingerprint density at radius 3 is 3.00 bits per heavy atom. The van der Waals surface area contributed by atoms with Gasteiger partial charge in [-0.25, -0.2) is 0 Å². The largest absolute Gasteiger partial charge is 0.384 e. The minimum absolute atomic E-state index is 0.608. The van der Waals surface area contributed by atoms with Crippen molar-refractivity contribution in [2.75, 3.05) is 13.1 Å². The van der Waals surface area contributed by atoms with Crippen LogP contribution in [0.1, 0.15) is 23.3 Å². The zero-order valence-electron chi connectivity index (χ0n) is 7.84. The Hall–Kier alpha value is -0.380. The third-order valence-electron chi connectivity index (χ3n) is 2.63. The van der Waals surface area contributed by atoms with Crippen LogP contribution >= 0.6 is 11.3 Å². The van der Waals surface area contributed by atoms with Gasteiger partial charge in [0.1, 0.15) is 5.60 Å². The molecule has 2 heterocycles. The topological polar surface area (TPSA) is 32.3 Å². The first-order chi connectivity index (χ1) is 6.21. The van der Waals surface area contributed by atoms with Crippen LogP contribution < -0.4 is 5.32 Å². The average Bonchev–Trinajstić information content (AvgIpc) is 2.54. The third-order valence-corrected chi connectivity index (χ3v) is 3.49. The molecule has 2 rings (SSSR count). The fraction of sp³-hybridized carbons (Fsp3) is 0.600. The van der Waals surface area contributed by atoms with E-state index in [1.54, 1.807) is 11.3 Å². The van der Waals surface area contributed by atoms with E-state index in [2.05, 4.69) is 23.7 Å². The molecule has 0 radical (unpaired) electrons. The highest BCUT2D eigenvalue weighted by Gasteiger charge is 2.31. The van der Waals surface area contributed by atoms with Crippen molar-refractivity contribution in [3.63, 3.8) is 0 Å². The first kappa shape index (κ1) is 9.19. The summed E-state index contributed by atoms with van der Waals surface area (Å²) in [6.45, 7) is 3.81.